The average molecular weight is 578 g/mol. The van der Waals surface area contributed by atoms with Gasteiger partial charge in [-0.15, -0.1) is 0 Å². The molecule has 0 atom stereocenters. The summed E-state index contributed by atoms with van der Waals surface area (Å²) in [4.78, 5) is 2.38. The van der Waals surface area contributed by atoms with Crippen molar-refractivity contribution in [2.75, 3.05) is 4.90 Å². The zero-order valence-electron chi connectivity index (χ0n) is 25.3. The molecule has 0 saturated heterocycles. The van der Waals surface area contributed by atoms with Gasteiger partial charge in [-0.05, 0) is 75.2 Å². The lowest BCUT2D eigenvalue weighted by Crippen LogP contribution is -2.15. The first-order valence-electron chi connectivity index (χ1n) is 15.6. The third-order valence-corrected chi connectivity index (χ3v) is 9.62. The van der Waals surface area contributed by atoms with E-state index in [9.17, 15) is 0 Å². The Morgan fingerprint density at radius 3 is 1.91 bits per heavy atom. The van der Waals surface area contributed by atoms with E-state index in [4.69, 9.17) is 4.42 Å². The molecule has 2 nitrogen and oxygen atoms in total. The van der Waals surface area contributed by atoms with Crippen LogP contribution in [0.1, 0.15) is 25.0 Å². The predicted octanol–water partition coefficient (Wildman–Crippen LogP) is 12.2. The second-order valence-electron chi connectivity index (χ2n) is 12.5. The van der Waals surface area contributed by atoms with E-state index in [1.54, 1.807) is 0 Å². The fourth-order valence-corrected chi connectivity index (χ4v) is 7.63. The molecule has 214 valence electrons. The molecule has 0 radical (unpaired) electrons. The molecule has 0 bridgehead atoms. The van der Waals surface area contributed by atoms with E-state index in [1.165, 1.54) is 44.2 Å². The lowest BCUT2D eigenvalue weighted by Gasteiger charge is -2.27. The number of furan rings is 1. The minimum Gasteiger partial charge on any atom is -0.455 e. The highest BCUT2D eigenvalue weighted by Crippen LogP contribution is 2.57. The predicted molar refractivity (Wildman–Crippen MR) is 189 cm³/mol. The molecule has 0 unspecified atom stereocenters. The maximum atomic E-state index is 6.90. The van der Waals surface area contributed by atoms with Crippen molar-refractivity contribution in [3.63, 3.8) is 0 Å². The molecule has 0 N–H and O–H groups in total. The molecule has 0 aliphatic heterocycles. The Kier molecular flexibility index (Phi) is 5.58. The normalized spacial score (nSPS) is 13.3. The van der Waals surface area contributed by atoms with Crippen molar-refractivity contribution in [1.82, 2.24) is 0 Å². The molecule has 1 aliphatic carbocycles. The molecule has 8 aromatic rings. The lowest BCUT2D eigenvalue weighted by molar-refractivity contribution is 0.659. The third kappa shape index (κ3) is 3.76. The first-order chi connectivity index (χ1) is 22.1. The second-order valence-corrected chi connectivity index (χ2v) is 12.5. The molecule has 7 aromatic carbocycles. The van der Waals surface area contributed by atoms with E-state index in [0.717, 1.165) is 39.0 Å². The molecule has 0 amide bonds. The number of hydrogen-bond donors (Lipinski definition) is 0. The first-order valence-corrected chi connectivity index (χ1v) is 15.6. The molecule has 1 heterocycles. The summed E-state index contributed by atoms with van der Waals surface area (Å²) in [5.74, 6) is 0. The highest BCUT2D eigenvalue weighted by atomic mass is 16.3. The summed E-state index contributed by atoms with van der Waals surface area (Å²) in [5.41, 5.74) is 12.7. The van der Waals surface area contributed by atoms with Crippen LogP contribution in [0.2, 0.25) is 0 Å². The molecule has 9 rings (SSSR count). The van der Waals surface area contributed by atoms with Crippen LogP contribution in [-0.4, -0.2) is 0 Å². The summed E-state index contributed by atoms with van der Waals surface area (Å²) in [6.07, 6.45) is 0. The largest absolute Gasteiger partial charge is 0.455 e. The molecule has 0 fully saturated rings. The Morgan fingerprint density at radius 1 is 0.511 bits per heavy atom. The molecule has 45 heavy (non-hydrogen) atoms. The molecular formula is C43H31NO. The van der Waals surface area contributed by atoms with E-state index < -0.39 is 0 Å². The SMILES string of the molecule is CC1(C)c2ccccc2-c2c1c1c(oc3cccc(N(c4ccccc4)c4ccc(-c5ccccc5)cc4)c31)c1ccccc21. The fraction of sp³-hybridized carbons (Fsp3) is 0.0698. The zero-order valence-corrected chi connectivity index (χ0v) is 25.3. The number of fused-ring (bicyclic) bond motifs is 10. The van der Waals surface area contributed by atoms with Gasteiger partial charge in [-0.25, -0.2) is 0 Å². The van der Waals surface area contributed by atoms with Crippen LogP contribution in [0.25, 0.3) is 55.0 Å². The lowest BCUT2D eigenvalue weighted by atomic mass is 9.79. The fourth-order valence-electron chi connectivity index (χ4n) is 7.63. The monoisotopic (exact) mass is 577 g/mol. The smallest absolute Gasteiger partial charge is 0.143 e. The second kappa shape index (κ2) is 9.70. The molecule has 1 aliphatic rings. The zero-order chi connectivity index (χ0) is 30.1. The van der Waals surface area contributed by atoms with Crippen molar-refractivity contribution in [1.29, 1.82) is 0 Å². The van der Waals surface area contributed by atoms with Gasteiger partial charge in [-0.2, -0.15) is 0 Å². The highest BCUT2D eigenvalue weighted by molar-refractivity contribution is 6.26. The van der Waals surface area contributed by atoms with Crippen LogP contribution >= 0.6 is 0 Å². The van der Waals surface area contributed by atoms with Gasteiger partial charge in [0.05, 0.1) is 11.1 Å². The molecule has 0 saturated carbocycles. The van der Waals surface area contributed by atoms with Crippen molar-refractivity contribution in [3.8, 4) is 22.3 Å². The Hall–Kier alpha value is -5.60. The minimum atomic E-state index is -0.201. The highest BCUT2D eigenvalue weighted by Gasteiger charge is 2.40. The van der Waals surface area contributed by atoms with Gasteiger partial charge in [0, 0.05) is 27.6 Å². The summed E-state index contributed by atoms with van der Waals surface area (Å²) >= 11 is 0. The Morgan fingerprint density at radius 2 is 1.13 bits per heavy atom. The van der Waals surface area contributed by atoms with Crippen LogP contribution in [0.5, 0.6) is 0 Å². The number of hydrogen-bond acceptors (Lipinski definition) is 2. The summed E-state index contributed by atoms with van der Waals surface area (Å²) in [6.45, 7) is 4.73. The number of anilines is 3. The Labute approximate surface area is 262 Å². The van der Waals surface area contributed by atoms with Crippen molar-refractivity contribution in [2.45, 2.75) is 19.3 Å². The molecule has 0 spiro atoms. The van der Waals surface area contributed by atoms with Crippen LogP contribution in [0, 0.1) is 0 Å². The van der Waals surface area contributed by atoms with Crippen molar-refractivity contribution >= 4 is 49.8 Å². The Balaban J connectivity index is 1.38. The van der Waals surface area contributed by atoms with Gasteiger partial charge in [-0.1, -0.05) is 129 Å². The van der Waals surface area contributed by atoms with Crippen LogP contribution in [0.15, 0.2) is 156 Å². The summed E-state index contributed by atoms with van der Waals surface area (Å²) in [6, 6.07) is 54.3. The van der Waals surface area contributed by atoms with E-state index in [-0.39, 0.29) is 5.41 Å². The molecule has 2 heteroatoms. The summed E-state index contributed by atoms with van der Waals surface area (Å²) in [5, 5.41) is 4.75. The van der Waals surface area contributed by atoms with Crippen LogP contribution < -0.4 is 4.90 Å². The van der Waals surface area contributed by atoms with Crippen LogP contribution in [0.4, 0.5) is 17.1 Å². The standard InChI is InChI=1S/C43H31NO/c1-43(2)35-21-12-11-20-34(35)38-32-18-9-10-19-33(32)42-40(41(38)43)39-36(22-13-23-37(39)45-42)44(30-16-7-4-8-17-30)31-26-24-29(25-27-31)28-14-5-3-6-15-28/h3-27H,1-2H3. The van der Waals surface area contributed by atoms with Crippen LogP contribution in [-0.2, 0) is 5.41 Å². The minimum absolute atomic E-state index is 0.201. The number of rotatable bonds is 4. The molecular weight excluding hydrogens is 546 g/mol. The van der Waals surface area contributed by atoms with Gasteiger partial charge in [0.2, 0.25) is 0 Å². The van der Waals surface area contributed by atoms with E-state index >= 15 is 0 Å². The summed E-state index contributed by atoms with van der Waals surface area (Å²) < 4.78 is 6.90. The topological polar surface area (TPSA) is 16.4 Å². The van der Waals surface area contributed by atoms with Crippen molar-refractivity contribution in [3.05, 3.63) is 163 Å². The maximum Gasteiger partial charge on any atom is 0.143 e. The van der Waals surface area contributed by atoms with Gasteiger partial charge in [0.25, 0.3) is 0 Å². The van der Waals surface area contributed by atoms with Gasteiger partial charge < -0.3 is 9.32 Å². The Bertz CT molecular complexity index is 2380. The van der Waals surface area contributed by atoms with E-state index in [0.29, 0.717) is 0 Å². The van der Waals surface area contributed by atoms with Crippen LogP contribution in [0.3, 0.4) is 0 Å². The maximum absolute atomic E-state index is 6.90. The number of nitrogens with zero attached hydrogens (tertiary/aromatic N) is 1. The van der Waals surface area contributed by atoms with Crippen molar-refractivity contribution in [2.24, 2.45) is 0 Å². The summed E-state index contributed by atoms with van der Waals surface area (Å²) in [7, 11) is 0. The number of benzene rings is 7. The van der Waals surface area contributed by atoms with Gasteiger partial charge >= 0.3 is 0 Å². The quantitative estimate of drug-likeness (QED) is 0.207. The van der Waals surface area contributed by atoms with Crippen molar-refractivity contribution < 1.29 is 4.42 Å². The number of para-hydroxylation sites is 1. The average Bonchev–Trinajstić information content (AvgIpc) is 3.60. The van der Waals surface area contributed by atoms with Gasteiger partial charge in [0.15, 0.2) is 0 Å². The molecule has 1 aromatic heterocycles. The van der Waals surface area contributed by atoms with E-state index in [2.05, 4.69) is 170 Å². The first kappa shape index (κ1) is 25.9. The third-order valence-electron chi connectivity index (χ3n) is 9.62. The van der Waals surface area contributed by atoms with Gasteiger partial charge in [0.1, 0.15) is 11.2 Å². The van der Waals surface area contributed by atoms with E-state index in [1.807, 2.05) is 0 Å². The van der Waals surface area contributed by atoms with Gasteiger partial charge in [-0.3, -0.25) is 0 Å².